The molecule has 1 heterocycles. The van der Waals surface area contributed by atoms with Crippen LogP contribution in [0.1, 0.15) is 22.6 Å². The highest BCUT2D eigenvalue weighted by Crippen LogP contribution is 2.43. The lowest BCUT2D eigenvalue weighted by Crippen LogP contribution is -2.28. The second-order valence-electron chi connectivity index (χ2n) is 6.19. The minimum Gasteiger partial charge on any atom is -0.457 e. The zero-order valence-electron chi connectivity index (χ0n) is 14.6. The van der Waals surface area contributed by atoms with Gasteiger partial charge in [0.25, 0.3) is 11.6 Å². The topological polar surface area (TPSA) is 93.8 Å². The van der Waals surface area contributed by atoms with Gasteiger partial charge in [-0.15, -0.1) is 0 Å². The molecule has 1 N–H and O–H groups in total. The van der Waals surface area contributed by atoms with E-state index in [1.807, 2.05) is 48.5 Å². The summed E-state index contributed by atoms with van der Waals surface area (Å²) in [6.45, 7) is 0. The number of carbonyl (C=O) groups is 1. The lowest BCUT2D eigenvalue weighted by molar-refractivity contribution is -0.384. The maximum absolute atomic E-state index is 12.9. The Morgan fingerprint density at radius 2 is 1.54 bits per heavy atom. The third kappa shape index (κ3) is 3.33. The van der Waals surface area contributed by atoms with E-state index in [-0.39, 0.29) is 11.6 Å². The molecule has 138 valence electrons. The van der Waals surface area contributed by atoms with Gasteiger partial charge in [0.1, 0.15) is 11.5 Å². The molecule has 4 rings (SSSR count). The van der Waals surface area contributed by atoms with Crippen LogP contribution >= 0.6 is 0 Å². The zero-order valence-corrected chi connectivity index (χ0v) is 14.6. The third-order valence-corrected chi connectivity index (χ3v) is 4.43. The molecule has 7 heteroatoms. The summed E-state index contributed by atoms with van der Waals surface area (Å²) in [5.74, 6) is 0.443. The quantitative estimate of drug-likeness (QED) is 0.425. The van der Waals surface area contributed by atoms with Gasteiger partial charge in [0.05, 0.1) is 17.1 Å². The van der Waals surface area contributed by atoms with E-state index in [2.05, 4.69) is 10.5 Å². The second-order valence-corrected chi connectivity index (χ2v) is 6.19. The molecule has 3 aromatic rings. The van der Waals surface area contributed by atoms with E-state index in [1.165, 1.54) is 18.3 Å². The number of para-hydroxylation sites is 2. The standard InChI is InChI=1S/C21H15N3O4/c25-21(23-22-13-14-9-11-15(12-10-14)24(26)27)20-16-5-1-3-7-18(16)28-19-8-4-2-6-17(19)20/h1-13,20H,(H,23,25)/b22-13-. The van der Waals surface area contributed by atoms with Crippen LogP contribution in [-0.4, -0.2) is 17.0 Å². The monoisotopic (exact) mass is 373 g/mol. The van der Waals surface area contributed by atoms with Crippen molar-refractivity contribution in [3.63, 3.8) is 0 Å². The van der Waals surface area contributed by atoms with Crippen molar-refractivity contribution in [1.82, 2.24) is 5.43 Å². The highest BCUT2D eigenvalue weighted by atomic mass is 16.6. The smallest absolute Gasteiger partial charge is 0.269 e. The van der Waals surface area contributed by atoms with Gasteiger partial charge in [0.2, 0.25) is 0 Å². The van der Waals surface area contributed by atoms with Crippen LogP contribution in [-0.2, 0) is 4.79 Å². The summed E-state index contributed by atoms with van der Waals surface area (Å²) in [6.07, 6.45) is 1.44. The Morgan fingerprint density at radius 3 is 2.11 bits per heavy atom. The van der Waals surface area contributed by atoms with E-state index in [4.69, 9.17) is 4.74 Å². The van der Waals surface area contributed by atoms with Crippen LogP contribution in [0.3, 0.4) is 0 Å². The van der Waals surface area contributed by atoms with Crippen molar-refractivity contribution in [2.75, 3.05) is 0 Å². The van der Waals surface area contributed by atoms with Crippen molar-refractivity contribution in [2.24, 2.45) is 5.10 Å². The largest absolute Gasteiger partial charge is 0.457 e. The van der Waals surface area contributed by atoms with Crippen molar-refractivity contribution >= 4 is 17.8 Å². The molecule has 0 aliphatic carbocycles. The second kappa shape index (κ2) is 7.32. The molecule has 3 aromatic carbocycles. The molecule has 0 atom stereocenters. The van der Waals surface area contributed by atoms with Gasteiger partial charge in [-0.05, 0) is 29.8 Å². The van der Waals surface area contributed by atoms with Gasteiger partial charge >= 0.3 is 0 Å². The Balaban J connectivity index is 1.56. The molecule has 0 saturated heterocycles. The van der Waals surface area contributed by atoms with Crippen LogP contribution < -0.4 is 10.2 Å². The number of non-ortho nitro benzene ring substituents is 1. The van der Waals surface area contributed by atoms with E-state index in [0.717, 1.165) is 11.1 Å². The Labute approximate surface area is 160 Å². The fourth-order valence-corrected chi connectivity index (χ4v) is 3.11. The summed E-state index contributed by atoms with van der Waals surface area (Å²) in [4.78, 5) is 23.1. The molecule has 0 saturated carbocycles. The van der Waals surface area contributed by atoms with Crippen LogP contribution in [0.15, 0.2) is 77.9 Å². The molecule has 0 radical (unpaired) electrons. The van der Waals surface area contributed by atoms with E-state index in [1.54, 1.807) is 12.1 Å². The highest BCUT2D eigenvalue weighted by Gasteiger charge is 2.32. The SMILES string of the molecule is O=C(N/N=C\c1ccc([N+](=O)[O-])cc1)C1c2ccccc2Oc2ccccc21. The van der Waals surface area contributed by atoms with Crippen LogP contribution in [0.5, 0.6) is 11.5 Å². The number of nitrogens with zero attached hydrogens (tertiary/aromatic N) is 2. The van der Waals surface area contributed by atoms with Crippen LogP contribution in [0, 0.1) is 10.1 Å². The number of rotatable bonds is 4. The molecule has 0 fully saturated rings. The van der Waals surface area contributed by atoms with Crippen molar-refractivity contribution in [3.05, 3.63) is 99.6 Å². The number of ether oxygens (including phenoxy) is 1. The van der Waals surface area contributed by atoms with Crippen LogP contribution in [0.4, 0.5) is 5.69 Å². The van der Waals surface area contributed by atoms with Crippen molar-refractivity contribution < 1.29 is 14.5 Å². The maximum Gasteiger partial charge on any atom is 0.269 e. The summed E-state index contributed by atoms with van der Waals surface area (Å²) >= 11 is 0. The minimum absolute atomic E-state index is 0.00314. The fraction of sp³-hybridized carbons (Fsp3) is 0.0476. The first-order valence-corrected chi connectivity index (χ1v) is 8.56. The molecule has 0 aromatic heterocycles. The number of benzene rings is 3. The van der Waals surface area contributed by atoms with Gasteiger partial charge in [0.15, 0.2) is 0 Å². The number of hydrazone groups is 1. The van der Waals surface area contributed by atoms with Crippen molar-refractivity contribution in [2.45, 2.75) is 5.92 Å². The summed E-state index contributed by atoms with van der Waals surface area (Å²) in [7, 11) is 0. The molecule has 0 unspecified atom stereocenters. The molecule has 1 amide bonds. The van der Waals surface area contributed by atoms with Crippen LogP contribution in [0.25, 0.3) is 0 Å². The Bertz CT molecular complexity index is 1030. The number of fused-ring (bicyclic) bond motifs is 2. The molecule has 0 bridgehead atoms. The number of amides is 1. The summed E-state index contributed by atoms with van der Waals surface area (Å²) in [6, 6.07) is 20.7. The van der Waals surface area contributed by atoms with Crippen molar-refractivity contribution in [1.29, 1.82) is 0 Å². The predicted octanol–water partition coefficient (Wildman–Crippen LogP) is 3.98. The number of hydrogen-bond donors (Lipinski definition) is 1. The van der Waals surface area contributed by atoms with Crippen LogP contribution in [0.2, 0.25) is 0 Å². The van der Waals surface area contributed by atoms with Gasteiger partial charge in [-0.3, -0.25) is 14.9 Å². The molecule has 0 spiro atoms. The first kappa shape index (κ1) is 17.4. The molecular formula is C21H15N3O4. The first-order valence-electron chi connectivity index (χ1n) is 8.56. The average molecular weight is 373 g/mol. The molecule has 1 aliphatic rings. The number of carbonyl (C=O) groups excluding carboxylic acids is 1. The Hall–Kier alpha value is -4.00. The van der Waals surface area contributed by atoms with Gasteiger partial charge in [-0.1, -0.05) is 36.4 Å². The summed E-state index contributed by atoms with van der Waals surface area (Å²) in [5.41, 5.74) is 4.73. The number of nitro benzene ring substituents is 1. The summed E-state index contributed by atoms with van der Waals surface area (Å²) < 4.78 is 5.89. The van der Waals surface area contributed by atoms with Gasteiger partial charge in [-0.25, -0.2) is 5.43 Å². The predicted molar refractivity (Wildman–Crippen MR) is 104 cm³/mol. The maximum atomic E-state index is 12.9. The number of hydrogen-bond acceptors (Lipinski definition) is 5. The van der Waals surface area contributed by atoms with Gasteiger partial charge in [0, 0.05) is 23.3 Å². The number of nitro groups is 1. The lowest BCUT2D eigenvalue weighted by atomic mass is 9.87. The van der Waals surface area contributed by atoms with E-state index >= 15 is 0 Å². The lowest BCUT2D eigenvalue weighted by Gasteiger charge is -2.26. The molecule has 28 heavy (non-hydrogen) atoms. The van der Waals surface area contributed by atoms with E-state index < -0.39 is 10.8 Å². The van der Waals surface area contributed by atoms with Gasteiger partial charge < -0.3 is 4.74 Å². The Morgan fingerprint density at radius 1 is 0.964 bits per heavy atom. The highest BCUT2D eigenvalue weighted by molar-refractivity contribution is 5.90. The third-order valence-electron chi connectivity index (χ3n) is 4.43. The zero-order chi connectivity index (χ0) is 19.5. The van der Waals surface area contributed by atoms with E-state index in [9.17, 15) is 14.9 Å². The fourth-order valence-electron chi connectivity index (χ4n) is 3.11. The number of nitrogens with one attached hydrogen (secondary N) is 1. The first-order chi connectivity index (χ1) is 13.6. The minimum atomic E-state index is -0.546. The van der Waals surface area contributed by atoms with E-state index in [0.29, 0.717) is 17.1 Å². The molecule has 7 nitrogen and oxygen atoms in total. The van der Waals surface area contributed by atoms with Crippen molar-refractivity contribution in [3.8, 4) is 11.5 Å². The van der Waals surface area contributed by atoms with Gasteiger partial charge in [-0.2, -0.15) is 5.10 Å². The normalized spacial score (nSPS) is 12.7. The Kier molecular flexibility index (Phi) is 4.55. The average Bonchev–Trinajstić information content (AvgIpc) is 2.72. The molecule has 1 aliphatic heterocycles. The molecular weight excluding hydrogens is 358 g/mol. The summed E-state index contributed by atoms with van der Waals surface area (Å²) in [5, 5.41) is 14.7.